The van der Waals surface area contributed by atoms with Crippen molar-refractivity contribution >= 4 is 51.9 Å². The molecule has 0 fully saturated rings. The molecule has 0 saturated carbocycles. The minimum absolute atomic E-state index is 0.0193. The Morgan fingerprint density at radius 2 is 1.73 bits per heavy atom. The number of phenolic OH excluding ortho intramolecular Hbond substituents is 1. The van der Waals surface area contributed by atoms with Gasteiger partial charge in [-0.05, 0) is 48.9 Å². The van der Waals surface area contributed by atoms with Crippen LogP contribution < -0.4 is 5.32 Å². The quantitative estimate of drug-likeness (QED) is 0.531. The number of amides is 1. The van der Waals surface area contributed by atoms with Gasteiger partial charge in [0.25, 0.3) is 5.91 Å². The summed E-state index contributed by atoms with van der Waals surface area (Å²) < 4.78 is 1.43. The number of halogens is 2. The van der Waals surface area contributed by atoms with Crippen LogP contribution in [0.4, 0.5) is 0 Å². The second-order valence-corrected chi connectivity index (χ2v) is 7.49. The highest BCUT2D eigenvalue weighted by Gasteiger charge is 2.24. The largest absolute Gasteiger partial charge is 0.506 e. The van der Waals surface area contributed by atoms with Crippen LogP contribution in [0.2, 0.25) is 10.0 Å². The second-order valence-electron chi connectivity index (χ2n) is 6.67. The van der Waals surface area contributed by atoms with Crippen LogP contribution in [0.5, 0.6) is 5.75 Å². The number of nitrogens with zero attached hydrogens (tertiary/aromatic N) is 1. The number of nitrogens with one attached hydrogen (secondary N) is 1. The van der Waals surface area contributed by atoms with Gasteiger partial charge in [0.15, 0.2) is 0 Å². The molecule has 1 heterocycles. The Kier molecular flexibility index (Phi) is 6.34. The summed E-state index contributed by atoms with van der Waals surface area (Å²) >= 11 is 12.2. The molecule has 0 aliphatic carbocycles. The lowest BCUT2D eigenvalue weighted by Crippen LogP contribution is -2.27. The van der Waals surface area contributed by atoms with E-state index in [1.54, 1.807) is 37.3 Å². The molecule has 3 rings (SSSR count). The van der Waals surface area contributed by atoms with Gasteiger partial charge < -0.3 is 15.5 Å². The van der Waals surface area contributed by atoms with Crippen LogP contribution in [-0.4, -0.2) is 39.1 Å². The summed E-state index contributed by atoms with van der Waals surface area (Å²) in [6.45, 7) is 1.66. The Bertz CT molecular complexity index is 1150. The highest BCUT2D eigenvalue weighted by molar-refractivity contribution is 6.37. The fraction of sp³-hybridized carbons (Fsp3) is 0.190. The van der Waals surface area contributed by atoms with Crippen molar-refractivity contribution in [3.8, 4) is 5.75 Å². The third-order valence-corrected chi connectivity index (χ3v) is 5.34. The monoisotopic (exact) mass is 448 g/mol. The number of aromatic nitrogens is 1. The van der Waals surface area contributed by atoms with E-state index in [1.165, 1.54) is 10.6 Å². The summed E-state index contributed by atoms with van der Waals surface area (Å²) in [6.07, 6.45) is -0.338. The molecule has 0 aliphatic rings. The number of carbonyl (C=O) groups excluding carboxylic acids is 2. The zero-order valence-electron chi connectivity index (χ0n) is 15.9. The van der Waals surface area contributed by atoms with Crippen LogP contribution in [-0.2, 0) is 16.0 Å². The normalized spacial score (nSPS) is 10.9. The number of benzene rings is 2. The maximum absolute atomic E-state index is 13.2. The number of hydrogen-bond donors (Lipinski definition) is 3. The van der Waals surface area contributed by atoms with Gasteiger partial charge in [-0.3, -0.25) is 19.0 Å². The summed E-state index contributed by atoms with van der Waals surface area (Å²) in [5.74, 6) is -1.96. The lowest BCUT2D eigenvalue weighted by atomic mass is 10.1. The molecule has 7 nitrogen and oxygen atoms in total. The predicted molar refractivity (Wildman–Crippen MR) is 113 cm³/mol. The smallest absolute Gasteiger partial charge is 0.305 e. The van der Waals surface area contributed by atoms with E-state index in [2.05, 4.69) is 5.32 Å². The van der Waals surface area contributed by atoms with Crippen LogP contribution >= 0.6 is 23.2 Å². The van der Waals surface area contributed by atoms with Gasteiger partial charge in [0, 0.05) is 28.2 Å². The maximum atomic E-state index is 13.2. The van der Waals surface area contributed by atoms with E-state index in [0.717, 1.165) is 0 Å². The molecule has 156 valence electrons. The van der Waals surface area contributed by atoms with Crippen molar-refractivity contribution in [3.05, 3.63) is 63.3 Å². The molecule has 2 aromatic carbocycles. The number of phenols is 1. The Labute approximate surface area is 181 Å². The third-order valence-electron chi connectivity index (χ3n) is 4.71. The molecule has 30 heavy (non-hydrogen) atoms. The SMILES string of the molecule is Cc1c(CC(=O)NCCC(=O)O)c2c(Cl)c(O)ccc2n1C(=O)c1ccc(Cl)cc1. The Balaban J connectivity index is 2.07. The number of fused-ring (bicyclic) bond motifs is 1. The first-order chi connectivity index (χ1) is 14.2. The van der Waals surface area contributed by atoms with Crippen LogP contribution in [0.1, 0.15) is 28.0 Å². The van der Waals surface area contributed by atoms with Crippen molar-refractivity contribution in [1.29, 1.82) is 0 Å². The van der Waals surface area contributed by atoms with Crippen LogP contribution in [0.3, 0.4) is 0 Å². The van der Waals surface area contributed by atoms with Crippen molar-refractivity contribution in [2.45, 2.75) is 19.8 Å². The maximum Gasteiger partial charge on any atom is 0.305 e. The Morgan fingerprint density at radius 3 is 2.37 bits per heavy atom. The molecule has 0 unspecified atom stereocenters. The summed E-state index contributed by atoms with van der Waals surface area (Å²) in [5, 5.41) is 22.2. The molecule has 0 spiro atoms. The molecule has 3 aromatic rings. The second kappa shape index (κ2) is 8.77. The molecular weight excluding hydrogens is 431 g/mol. The number of aliphatic carboxylic acids is 1. The van der Waals surface area contributed by atoms with Gasteiger partial charge >= 0.3 is 5.97 Å². The molecule has 1 amide bonds. The number of hydrogen-bond acceptors (Lipinski definition) is 4. The summed E-state index contributed by atoms with van der Waals surface area (Å²) in [4.78, 5) is 36.2. The minimum Gasteiger partial charge on any atom is -0.506 e. The first-order valence-corrected chi connectivity index (χ1v) is 9.76. The van der Waals surface area contributed by atoms with Gasteiger partial charge in [-0.25, -0.2) is 0 Å². The molecule has 0 atom stereocenters. The van der Waals surface area contributed by atoms with Gasteiger partial charge in [0.05, 0.1) is 23.4 Å². The highest BCUT2D eigenvalue weighted by Crippen LogP contribution is 2.38. The van der Waals surface area contributed by atoms with Gasteiger partial charge in [-0.15, -0.1) is 0 Å². The van der Waals surface area contributed by atoms with E-state index in [-0.39, 0.29) is 36.1 Å². The number of aromatic hydroxyl groups is 1. The molecule has 0 aliphatic heterocycles. The van der Waals surface area contributed by atoms with E-state index in [9.17, 15) is 19.5 Å². The molecule has 0 saturated heterocycles. The van der Waals surface area contributed by atoms with E-state index >= 15 is 0 Å². The number of carboxylic acid groups (broad SMARTS) is 1. The molecule has 0 radical (unpaired) electrons. The highest BCUT2D eigenvalue weighted by atomic mass is 35.5. The minimum atomic E-state index is -1.02. The van der Waals surface area contributed by atoms with Crippen LogP contribution in [0.15, 0.2) is 36.4 Å². The first kappa shape index (κ1) is 21.7. The number of carboxylic acids is 1. The molecule has 1 aromatic heterocycles. The van der Waals surface area contributed by atoms with Crippen molar-refractivity contribution in [2.24, 2.45) is 0 Å². The van der Waals surface area contributed by atoms with Crippen molar-refractivity contribution in [1.82, 2.24) is 9.88 Å². The van der Waals surface area contributed by atoms with Crippen molar-refractivity contribution < 1.29 is 24.6 Å². The zero-order valence-corrected chi connectivity index (χ0v) is 17.4. The predicted octanol–water partition coefficient (Wildman–Crippen LogP) is 3.78. The fourth-order valence-corrected chi connectivity index (χ4v) is 3.66. The summed E-state index contributed by atoms with van der Waals surface area (Å²) in [5.41, 5.74) is 1.80. The van der Waals surface area contributed by atoms with Crippen molar-refractivity contribution in [3.63, 3.8) is 0 Å². The van der Waals surface area contributed by atoms with E-state index in [0.29, 0.717) is 32.7 Å². The summed E-state index contributed by atoms with van der Waals surface area (Å²) in [7, 11) is 0. The van der Waals surface area contributed by atoms with Gasteiger partial charge in [-0.1, -0.05) is 23.2 Å². The lowest BCUT2D eigenvalue weighted by molar-refractivity contribution is -0.136. The third kappa shape index (κ3) is 4.27. The molecule has 9 heteroatoms. The average molecular weight is 449 g/mol. The van der Waals surface area contributed by atoms with Crippen molar-refractivity contribution in [2.75, 3.05) is 6.54 Å². The van der Waals surface area contributed by atoms with Gasteiger partial charge in [-0.2, -0.15) is 0 Å². The van der Waals surface area contributed by atoms with E-state index < -0.39 is 11.9 Å². The Morgan fingerprint density at radius 1 is 1.07 bits per heavy atom. The lowest BCUT2D eigenvalue weighted by Gasteiger charge is -2.08. The number of rotatable bonds is 6. The summed E-state index contributed by atoms with van der Waals surface area (Å²) in [6, 6.07) is 9.33. The topological polar surface area (TPSA) is 109 Å². The van der Waals surface area contributed by atoms with Gasteiger partial charge in [0.2, 0.25) is 5.91 Å². The van der Waals surface area contributed by atoms with E-state index in [1.807, 2.05) is 0 Å². The van der Waals surface area contributed by atoms with Crippen LogP contribution in [0.25, 0.3) is 10.9 Å². The average Bonchev–Trinajstić information content (AvgIpc) is 2.96. The molecule has 3 N–H and O–H groups in total. The molecular formula is C21H18Cl2N2O5. The first-order valence-electron chi connectivity index (χ1n) is 9.00. The fourth-order valence-electron chi connectivity index (χ4n) is 3.26. The number of carbonyl (C=O) groups is 3. The van der Waals surface area contributed by atoms with Gasteiger partial charge in [0.1, 0.15) is 5.75 Å². The zero-order chi connectivity index (χ0) is 22.0. The Hall–Kier alpha value is -3.03. The molecule has 0 bridgehead atoms. The standard InChI is InChI=1S/C21H18Cl2N2O5/c1-11-14(10-17(27)24-9-8-18(28)29)19-15(6-7-16(26)20(19)23)25(11)21(30)12-2-4-13(22)5-3-12/h2-7,26H,8-10H2,1H3,(H,24,27)(H,28,29). The van der Waals surface area contributed by atoms with E-state index in [4.69, 9.17) is 28.3 Å². The van der Waals surface area contributed by atoms with Crippen LogP contribution in [0, 0.1) is 6.92 Å².